The Hall–Kier alpha value is -0.870. The lowest BCUT2D eigenvalue weighted by Gasteiger charge is -2.07. The quantitative estimate of drug-likeness (QED) is 0.854. The van der Waals surface area contributed by atoms with Gasteiger partial charge in [-0.05, 0) is 0 Å². The summed E-state index contributed by atoms with van der Waals surface area (Å²) in [5.74, 6) is -0.0677. The fourth-order valence-corrected chi connectivity index (χ4v) is 1.06. The number of amides is 1. The Morgan fingerprint density at radius 1 is 1.50 bits per heavy atom. The molecular formula is C8H9Cl2N3O. The first-order valence-electron chi connectivity index (χ1n) is 3.99. The van der Waals surface area contributed by atoms with Crippen LogP contribution in [0.4, 0.5) is 5.82 Å². The Labute approximate surface area is 91.6 Å². The van der Waals surface area contributed by atoms with Gasteiger partial charge in [0.15, 0.2) is 11.0 Å². The van der Waals surface area contributed by atoms with E-state index in [0.717, 1.165) is 0 Å². The molecule has 1 heterocycles. The zero-order chi connectivity index (χ0) is 10.7. The second-order valence-corrected chi connectivity index (χ2v) is 3.72. The monoisotopic (exact) mass is 233 g/mol. The summed E-state index contributed by atoms with van der Waals surface area (Å²) < 4.78 is 0. The summed E-state index contributed by atoms with van der Waals surface area (Å²) in [5, 5.41) is 2.82. The van der Waals surface area contributed by atoms with Crippen LogP contribution in [0.1, 0.15) is 13.8 Å². The number of carbonyl (C=O) groups excluding carboxylic acids is 1. The van der Waals surface area contributed by atoms with Gasteiger partial charge in [-0.2, -0.15) is 0 Å². The number of nitrogens with zero attached hydrogens (tertiary/aromatic N) is 2. The van der Waals surface area contributed by atoms with Crippen molar-refractivity contribution in [3.05, 3.63) is 16.5 Å². The summed E-state index contributed by atoms with van der Waals surface area (Å²) in [5.41, 5.74) is 0. The maximum atomic E-state index is 11.3. The van der Waals surface area contributed by atoms with Crippen LogP contribution in [0.3, 0.4) is 0 Å². The third-order valence-corrected chi connectivity index (χ3v) is 1.91. The Bertz CT molecular complexity index is 354. The lowest BCUT2D eigenvalue weighted by Crippen LogP contribution is -2.19. The maximum absolute atomic E-state index is 11.3. The number of halogens is 2. The number of nitrogens with one attached hydrogen (secondary N) is 1. The number of hydrogen-bond donors (Lipinski definition) is 1. The van der Waals surface area contributed by atoms with Crippen LogP contribution in [0.5, 0.6) is 0 Å². The molecule has 0 atom stereocenters. The summed E-state index contributed by atoms with van der Waals surface area (Å²) in [6.07, 6.45) is 1.32. The van der Waals surface area contributed by atoms with E-state index in [4.69, 9.17) is 23.2 Å². The van der Waals surface area contributed by atoms with Gasteiger partial charge in [0, 0.05) is 5.92 Å². The lowest BCUT2D eigenvalue weighted by atomic mass is 10.2. The SMILES string of the molecule is CC(C)C(=O)Nc1ncc(Cl)nc1Cl. The first-order chi connectivity index (χ1) is 6.50. The third kappa shape index (κ3) is 2.82. The lowest BCUT2D eigenvalue weighted by molar-refractivity contribution is -0.118. The van der Waals surface area contributed by atoms with Crippen molar-refractivity contribution in [3.8, 4) is 0 Å². The number of hydrogen-bond acceptors (Lipinski definition) is 3. The fraction of sp³-hybridized carbons (Fsp3) is 0.375. The van der Waals surface area contributed by atoms with E-state index in [1.54, 1.807) is 13.8 Å². The van der Waals surface area contributed by atoms with Crippen molar-refractivity contribution in [1.29, 1.82) is 0 Å². The van der Waals surface area contributed by atoms with Crippen LogP contribution in [-0.4, -0.2) is 15.9 Å². The molecule has 0 radical (unpaired) electrons. The second kappa shape index (κ2) is 4.57. The molecule has 4 nitrogen and oxygen atoms in total. The molecule has 0 aliphatic rings. The molecule has 6 heteroatoms. The average molecular weight is 234 g/mol. The van der Waals surface area contributed by atoms with Gasteiger partial charge in [0.2, 0.25) is 5.91 Å². The number of rotatable bonds is 2. The van der Waals surface area contributed by atoms with Crippen LogP contribution in [0.15, 0.2) is 6.20 Å². The Balaban J connectivity index is 2.82. The molecule has 1 N–H and O–H groups in total. The van der Waals surface area contributed by atoms with Gasteiger partial charge in [0.05, 0.1) is 6.20 Å². The van der Waals surface area contributed by atoms with Crippen molar-refractivity contribution in [2.45, 2.75) is 13.8 Å². The Morgan fingerprint density at radius 2 is 2.14 bits per heavy atom. The Morgan fingerprint density at radius 3 is 2.64 bits per heavy atom. The van der Waals surface area contributed by atoms with Crippen LogP contribution < -0.4 is 5.32 Å². The molecule has 0 spiro atoms. The van der Waals surface area contributed by atoms with E-state index in [1.807, 2.05) is 0 Å². The minimum Gasteiger partial charge on any atom is -0.308 e. The van der Waals surface area contributed by atoms with Gasteiger partial charge < -0.3 is 5.32 Å². The number of carbonyl (C=O) groups is 1. The van der Waals surface area contributed by atoms with Crippen molar-refractivity contribution >= 4 is 34.9 Å². The van der Waals surface area contributed by atoms with E-state index in [9.17, 15) is 4.79 Å². The molecule has 0 bridgehead atoms. The van der Waals surface area contributed by atoms with Crippen LogP contribution in [0, 0.1) is 5.92 Å². The van der Waals surface area contributed by atoms with E-state index in [2.05, 4.69) is 15.3 Å². The van der Waals surface area contributed by atoms with Crippen LogP contribution in [-0.2, 0) is 4.79 Å². The van der Waals surface area contributed by atoms with Crippen molar-refractivity contribution in [3.63, 3.8) is 0 Å². The number of anilines is 1. The summed E-state index contributed by atoms with van der Waals surface area (Å²) in [6, 6.07) is 0. The molecule has 0 fully saturated rings. The third-order valence-electron chi connectivity index (χ3n) is 1.47. The highest BCUT2D eigenvalue weighted by Gasteiger charge is 2.11. The molecule has 0 saturated carbocycles. The normalized spacial score (nSPS) is 10.4. The average Bonchev–Trinajstić information content (AvgIpc) is 2.09. The molecule has 1 amide bonds. The highest BCUT2D eigenvalue weighted by molar-refractivity contribution is 6.34. The van der Waals surface area contributed by atoms with Crippen molar-refractivity contribution < 1.29 is 4.79 Å². The summed E-state index contributed by atoms with van der Waals surface area (Å²) >= 11 is 11.3. The van der Waals surface area contributed by atoms with Gasteiger partial charge in [0.25, 0.3) is 0 Å². The van der Waals surface area contributed by atoms with E-state index < -0.39 is 0 Å². The van der Waals surface area contributed by atoms with E-state index in [0.29, 0.717) is 0 Å². The minimum atomic E-state index is -0.163. The number of aromatic nitrogens is 2. The molecular weight excluding hydrogens is 225 g/mol. The molecule has 1 rings (SSSR count). The molecule has 0 saturated heterocycles. The van der Waals surface area contributed by atoms with E-state index >= 15 is 0 Å². The van der Waals surface area contributed by atoms with Crippen molar-refractivity contribution in [2.75, 3.05) is 5.32 Å². The maximum Gasteiger partial charge on any atom is 0.228 e. The summed E-state index contributed by atoms with van der Waals surface area (Å²) in [4.78, 5) is 18.9. The molecule has 1 aromatic heterocycles. The zero-order valence-electron chi connectivity index (χ0n) is 7.71. The van der Waals surface area contributed by atoms with E-state index in [-0.39, 0.29) is 27.9 Å². The first kappa shape index (κ1) is 11.2. The molecule has 0 unspecified atom stereocenters. The van der Waals surface area contributed by atoms with Crippen LogP contribution >= 0.6 is 23.2 Å². The highest BCUT2D eigenvalue weighted by atomic mass is 35.5. The standard InChI is InChI=1S/C8H9Cl2N3O/c1-4(2)8(14)13-7-6(10)12-5(9)3-11-7/h3-4H,1-2H3,(H,11,13,14). The fourth-order valence-electron chi connectivity index (χ4n) is 0.692. The van der Waals surface area contributed by atoms with Gasteiger partial charge >= 0.3 is 0 Å². The van der Waals surface area contributed by atoms with Crippen molar-refractivity contribution in [1.82, 2.24) is 9.97 Å². The molecule has 76 valence electrons. The van der Waals surface area contributed by atoms with Gasteiger partial charge in [-0.25, -0.2) is 9.97 Å². The molecule has 0 aliphatic carbocycles. The van der Waals surface area contributed by atoms with Crippen molar-refractivity contribution in [2.24, 2.45) is 5.92 Å². The first-order valence-corrected chi connectivity index (χ1v) is 4.75. The largest absolute Gasteiger partial charge is 0.308 e. The highest BCUT2D eigenvalue weighted by Crippen LogP contribution is 2.18. The molecule has 14 heavy (non-hydrogen) atoms. The minimum absolute atomic E-state index is 0.0894. The van der Waals surface area contributed by atoms with Gasteiger partial charge in [-0.1, -0.05) is 37.0 Å². The van der Waals surface area contributed by atoms with Gasteiger partial charge in [0.1, 0.15) is 5.15 Å². The molecule has 0 aromatic carbocycles. The smallest absolute Gasteiger partial charge is 0.228 e. The van der Waals surface area contributed by atoms with E-state index in [1.165, 1.54) is 6.20 Å². The van der Waals surface area contributed by atoms with Gasteiger partial charge in [-0.15, -0.1) is 0 Å². The zero-order valence-corrected chi connectivity index (χ0v) is 9.23. The topological polar surface area (TPSA) is 54.9 Å². The van der Waals surface area contributed by atoms with Gasteiger partial charge in [-0.3, -0.25) is 4.79 Å². The van der Waals surface area contributed by atoms with Crippen LogP contribution in [0.25, 0.3) is 0 Å². The summed E-state index contributed by atoms with van der Waals surface area (Å²) in [7, 11) is 0. The molecule has 1 aromatic rings. The second-order valence-electron chi connectivity index (χ2n) is 2.98. The predicted octanol–water partition coefficient (Wildman–Crippen LogP) is 2.38. The summed E-state index contributed by atoms with van der Waals surface area (Å²) in [6.45, 7) is 3.54. The Kier molecular flexibility index (Phi) is 3.66. The predicted molar refractivity (Wildman–Crippen MR) is 55.5 cm³/mol. The van der Waals surface area contributed by atoms with Crippen LogP contribution in [0.2, 0.25) is 10.3 Å². The molecule has 0 aliphatic heterocycles.